The highest BCUT2D eigenvalue weighted by molar-refractivity contribution is 7.15. The maximum atomic E-state index is 13.0. The highest BCUT2D eigenvalue weighted by Crippen LogP contribution is 2.31. The molecule has 0 aliphatic carbocycles. The molecule has 0 atom stereocenters. The van der Waals surface area contributed by atoms with Crippen LogP contribution in [0.4, 0.5) is 5.13 Å². The Morgan fingerprint density at radius 1 is 1.22 bits per heavy atom. The topological polar surface area (TPSA) is 80.8 Å². The summed E-state index contributed by atoms with van der Waals surface area (Å²) < 4.78 is 11.2. The van der Waals surface area contributed by atoms with Crippen molar-refractivity contribution >= 4 is 28.3 Å². The van der Waals surface area contributed by atoms with E-state index in [-0.39, 0.29) is 11.8 Å². The van der Waals surface area contributed by atoms with E-state index in [0.29, 0.717) is 54.9 Å². The predicted octanol–water partition coefficient (Wildman–Crippen LogP) is 3.10. The smallest absolute Gasteiger partial charge is 0.254 e. The number of rotatable bonds is 6. The summed E-state index contributed by atoms with van der Waals surface area (Å²) in [7, 11) is 0. The number of amides is 2. The first-order valence-corrected chi connectivity index (χ1v) is 9.78. The van der Waals surface area contributed by atoms with Gasteiger partial charge in [0.15, 0.2) is 16.6 Å². The molecule has 0 fully saturated rings. The average Bonchev–Trinajstić information content (AvgIpc) is 3.03. The maximum absolute atomic E-state index is 13.0. The monoisotopic (exact) mass is 389 g/mol. The predicted molar refractivity (Wildman–Crippen MR) is 104 cm³/mol. The van der Waals surface area contributed by atoms with Crippen LogP contribution in [0, 0.1) is 0 Å². The zero-order valence-corrected chi connectivity index (χ0v) is 16.5. The lowest BCUT2D eigenvalue weighted by molar-refractivity contribution is -0.114. The fourth-order valence-corrected chi connectivity index (χ4v) is 4.01. The van der Waals surface area contributed by atoms with Crippen molar-refractivity contribution in [1.82, 2.24) is 9.88 Å². The summed E-state index contributed by atoms with van der Waals surface area (Å²) in [5, 5.41) is 3.30. The van der Waals surface area contributed by atoms with Crippen LogP contribution >= 0.6 is 11.3 Å². The molecule has 3 rings (SSSR count). The Morgan fingerprint density at radius 2 is 1.96 bits per heavy atom. The highest BCUT2D eigenvalue weighted by atomic mass is 32.1. The standard InChI is InChI=1S/C19H23N3O4S/c1-4-25-15-7-6-13(10-16(15)26-5-2)18(24)22-9-8-14-17(11-22)27-19(21-14)20-12(3)23/h6-7,10H,4-5,8-9,11H2,1-3H3,(H,20,21,23). The number of carbonyl (C=O) groups is 2. The first kappa shape index (κ1) is 19.2. The molecule has 0 saturated heterocycles. The van der Waals surface area contributed by atoms with Crippen molar-refractivity contribution in [1.29, 1.82) is 0 Å². The quantitative estimate of drug-likeness (QED) is 0.821. The Morgan fingerprint density at radius 3 is 2.67 bits per heavy atom. The van der Waals surface area contributed by atoms with Crippen LogP contribution in [0.1, 0.15) is 41.7 Å². The van der Waals surface area contributed by atoms with Crippen molar-refractivity contribution in [3.63, 3.8) is 0 Å². The van der Waals surface area contributed by atoms with Gasteiger partial charge in [0.2, 0.25) is 5.91 Å². The molecule has 0 bridgehead atoms. The summed E-state index contributed by atoms with van der Waals surface area (Å²) in [6.45, 7) is 7.37. The molecule has 0 unspecified atom stereocenters. The molecule has 0 spiro atoms. The number of fused-ring (bicyclic) bond motifs is 1. The second-order valence-electron chi connectivity index (χ2n) is 6.07. The average molecular weight is 389 g/mol. The fourth-order valence-electron chi connectivity index (χ4n) is 2.94. The summed E-state index contributed by atoms with van der Waals surface area (Å²) >= 11 is 1.42. The maximum Gasteiger partial charge on any atom is 0.254 e. The van der Waals surface area contributed by atoms with Crippen molar-refractivity contribution < 1.29 is 19.1 Å². The molecule has 0 saturated carbocycles. The number of anilines is 1. The molecule has 2 aromatic rings. The van der Waals surface area contributed by atoms with Gasteiger partial charge in [-0.3, -0.25) is 9.59 Å². The first-order chi connectivity index (χ1) is 13.0. The largest absolute Gasteiger partial charge is 0.490 e. The van der Waals surface area contributed by atoms with E-state index >= 15 is 0 Å². The number of thiazole rings is 1. The first-order valence-electron chi connectivity index (χ1n) is 8.96. The molecule has 1 aliphatic rings. The summed E-state index contributed by atoms with van der Waals surface area (Å²) in [5.41, 5.74) is 1.52. The van der Waals surface area contributed by atoms with Gasteiger partial charge in [0, 0.05) is 30.3 Å². The summed E-state index contributed by atoms with van der Waals surface area (Å²) in [5.74, 6) is 1.01. The number of nitrogens with one attached hydrogen (secondary N) is 1. The fraction of sp³-hybridized carbons (Fsp3) is 0.421. The molecule has 2 amide bonds. The molecule has 1 aliphatic heterocycles. The van der Waals surface area contributed by atoms with Crippen molar-refractivity contribution in [2.75, 3.05) is 25.1 Å². The number of aromatic nitrogens is 1. The zero-order chi connectivity index (χ0) is 19.4. The Labute approximate surface area is 162 Å². The van der Waals surface area contributed by atoms with Crippen LogP contribution in [0.3, 0.4) is 0 Å². The number of hydrogen-bond donors (Lipinski definition) is 1. The van der Waals surface area contributed by atoms with Crippen LogP contribution in [0.2, 0.25) is 0 Å². The minimum absolute atomic E-state index is 0.0564. The van der Waals surface area contributed by atoms with E-state index in [1.54, 1.807) is 23.1 Å². The van der Waals surface area contributed by atoms with Crippen LogP contribution in [-0.2, 0) is 17.8 Å². The van der Waals surface area contributed by atoms with E-state index in [1.807, 2.05) is 13.8 Å². The Balaban J connectivity index is 1.77. The van der Waals surface area contributed by atoms with Crippen molar-refractivity contribution in [2.45, 2.75) is 33.7 Å². The molecule has 8 heteroatoms. The Kier molecular flexibility index (Phi) is 5.95. The van der Waals surface area contributed by atoms with Gasteiger partial charge in [0.1, 0.15) is 0 Å². The molecule has 144 valence electrons. The van der Waals surface area contributed by atoms with Gasteiger partial charge in [-0.1, -0.05) is 11.3 Å². The van der Waals surface area contributed by atoms with Gasteiger partial charge in [-0.2, -0.15) is 0 Å². The molecular formula is C19H23N3O4S. The van der Waals surface area contributed by atoms with Gasteiger partial charge in [0.05, 0.1) is 25.5 Å². The second kappa shape index (κ2) is 8.39. The number of nitrogens with zero attached hydrogens (tertiary/aromatic N) is 2. The van der Waals surface area contributed by atoms with Crippen molar-refractivity contribution in [3.8, 4) is 11.5 Å². The number of benzene rings is 1. The Hall–Kier alpha value is -2.61. The molecule has 27 heavy (non-hydrogen) atoms. The lowest BCUT2D eigenvalue weighted by Crippen LogP contribution is -2.35. The van der Waals surface area contributed by atoms with Crippen LogP contribution < -0.4 is 14.8 Å². The molecule has 1 aromatic heterocycles. The van der Waals surface area contributed by atoms with E-state index in [2.05, 4.69) is 10.3 Å². The number of hydrogen-bond acceptors (Lipinski definition) is 6. The van der Waals surface area contributed by atoms with E-state index in [9.17, 15) is 9.59 Å². The molecule has 2 heterocycles. The molecule has 7 nitrogen and oxygen atoms in total. The zero-order valence-electron chi connectivity index (χ0n) is 15.7. The lowest BCUT2D eigenvalue weighted by atomic mass is 10.1. The van der Waals surface area contributed by atoms with Crippen LogP contribution in [0.25, 0.3) is 0 Å². The van der Waals surface area contributed by atoms with Crippen LogP contribution in [0.15, 0.2) is 18.2 Å². The van der Waals surface area contributed by atoms with Crippen molar-refractivity contribution in [3.05, 3.63) is 34.3 Å². The third-order valence-electron chi connectivity index (χ3n) is 4.09. The van der Waals surface area contributed by atoms with Gasteiger partial charge in [-0.25, -0.2) is 4.98 Å². The van der Waals surface area contributed by atoms with Gasteiger partial charge in [-0.05, 0) is 32.0 Å². The van der Waals surface area contributed by atoms with Crippen LogP contribution in [0.5, 0.6) is 11.5 Å². The second-order valence-corrected chi connectivity index (χ2v) is 7.16. The molecule has 1 aromatic carbocycles. The van der Waals surface area contributed by atoms with Crippen LogP contribution in [-0.4, -0.2) is 41.5 Å². The Bertz CT molecular complexity index is 849. The van der Waals surface area contributed by atoms with Gasteiger partial charge in [0.25, 0.3) is 5.91 Å². The van der Waals surface area contributed by atoms with Crippen molar-refractivity contribution in [2.24, 2.45) is 0 Å². The summed E-state index contributed by atoms with van der Waals surface area (Å²) in [4.78, 5) is 31.4. The lowest BCUT2D eigenvalue weighted by Gasteiger charge is -2.26. The van der Waals surface area contributed by atoms with E-state index in [0.717, 1.165) is 10.6 Å². The normalized spacial score (nSPS) is 13.1. The van der Waals surface area contributed by atoms with Gasteiger partial charge < -0.3 is 19.7 Å². The minimum atomic E-state index is -0.146. The molecule has 0 radical (unpaired) electrons. The number of carbonyl (C=O) groups excluding carboxylic acids is 2. The molecule has 1 N–H and O–H groups in total. The minimum Gasteiger partial charge on any atom is -0.490 e. The summed E-state index contributed by atoms with van der Waals surface area (Å²) in [6.07, 6.45) is 0.673. The van der Waals surface area contributed by atoms with E-state index in [4.69, 9.17) is 9.47 Å². The van der Waals surface area contributed by atoms with Gasteiger partial charge >= 0.3 is 0 Å². The third kappa shape index (κ3) is 4.39. The van der Waals surface area contributed by atoms with E-state index in [1.165, 1.54) is 18.3 Å². The molecular weight excluding hydrogens is 366 g/mol. The third-order valence-corrected chi connectivity index (χ3v) is 5.09. The SMILES string of the molecule is CCOc1ccc(C(=O)N2CCc3nc(NC(C)=O)sc3C2)cc1OCC. The van der Waals surface area contributed by atoms with E-state index < -0.39 is 0 Å². The summed E-state index contributed by atoms with van der Waals surface area (Å²) in [6, 6.07) is 5.28. The van der Waals surface area contributed by atoms with Gasteiger partial charge in [-0.15, -0.1) is 0 Å². The highest BCUT2D eigenvalue weighted by Gasteiger charge is 2.26. The number of ether oxygens (including phenoxy) is 2.